The summed E-state index contributed by atoms with van der Waals surface area (Å²) in [5, 5.41) is 18.3. The maximum absolute atomic E-state index is 11.9. The Bertz CT molecular complexity index is 699. The van der Waals surface area contributed by atoms with E-state index in [0.29, 0.717) is 30.6 Å². The summed E-state index contributed by atoms with van der Waals surface area (Å²) in [6, 6.07) is 6.04. The largest absolute Gasteiger partial charge is 0.360 e. The lowest BCUT2D eigenvalue weighted by atomic mass is 10.1. The molecule has 0 spiro atoms. The predicted molar refractivity (Wildman–Crippen MR) is 94.5 cm³/mol. The third-order valence-corrected chi connectivity index (χ3v) is 4.21. The number of aromatic nitrogens is 3. The molecule has 1 atom stereocenters. The van der Waals surface area contributed by atoms with Crippen molar-refractivity contribution in [2.24, 2.45) is 0 Å². The van der Waals surface area contributed by atoms with Crippen LogP contribution in [0.15, 0.2) is 22.7 Å². The summed E-state index contributed by atoms with van der Waals surface area (Å²) in [4.78, 5) is 14.2. The molecule has 0 saturated carbocycles. The molecule has 1 fully saturated rings. The van der Waals surface area contributed by atoms with Gasteiger partial charge in [-0.1, -0.05) is 5.16 Å². The number of nitrogens with zero attached hydrogens (tertiary/aromatic N) is 4. The van der Waals surface area contributed by atoms with Gasteiger partial charge >= 0.3 is 0 Å². The zero-order valence-corrected chi connectivity index (χ0v) is 14.7. The van der Waals surface area contributed by atoms with Gasteiger partial charge in [0.05, 0.1) is 5.69 Å². The maximum atomic E-state index is 11.9. The van der Waals surface area contributed by atoms with Crippen LogP contribution < -0.4 is 15.5 Å². The monoisotopic (exact) mass is 344 g/mol. The van der Waals surface area contributed by atoms with E-state index in [4.69, 9.17) is 4.52 Å². The molecule has 0 unspecified atom stereocenters. The van der Waals surface area contributed by atoms with Gasteiger partial charge in [-0.05, 0) is 38.8 Å². The average molecular weight is 344 g/mol. The van der Waals surface area contributed by atoms with E-state index in [0.717, 1.165) is 37.4 Å². The average Bonchev–Trinajstić information content (AvgIpc) is 3.00. The topological polar surface area (TPSA) is 96.2 Å². The van der Waals surface area contributed by atoms with E-state index >= 15 is 0 Å². The van der Waals surface area contributed by atoms with Gasteiger partial charge in [-0.15, -0.1) is 5.10 Å². The summed E-state index contributed by atoms with van der Waals surface area (Å²) >= 11 is 0. The van der Waals surface area contributed by atoms with Crippen LogP contribution in [0.2, 0.25) is 0 Å². The van der Waals surface area contributed by atoms with Gasteiger partial charge in [0.2, 0.25) is 5.91 Å². The number of nitrogens with one attached hydrogen (secondary N) is 2. The Morgan fingerprint density at radius 1 is 1.36 bits per heavy atom. The highest BCUT2D eigenvalue weighted by Gasteiger charge is 2.21. The van der Waals surface area contributed by atoms with Crippen molar-refractivity contribution in [3.05, 3.63) is 29.7 Å². The molecule has 1 saturated heterocycles. The van der Waals surface area contributed by atoms with Crippen LogP contribution in [-0.2, 0) is 4.79 Å². The highest BCUT2D eigenvalue weighted by Crippen LogP contribution is 2.17. The van der Waals surface area contributed by atoms with Crippen LogP contribution in [0.4, 0.5) is 11.6 Å². The first-order valence-electron chi connectivity index (χ1n) is 8.62. The fourth-order valence-corrected chi connectivity index (χ4v) is 2.93. The lowest BCUT2D eigenvalue weighted by Crippen LogP contribution is -2.46. The third-order valence-electron chi connectivity index (χ3n) is 4.21. The maximum Gasteiger partial charge on any atom is 0.226 e. The zero-order valence-electron chi connectivity index (χ0n) is 14.7. The number of amides is 1. The Kier molecular flexibility index (Phi) is 5.60. The zero-order chi connectivity index (χ0) is 17.6. The van der Waals surface area contributed by atoms with Gasteiger partial charge in [-0.3, -0.25) is 4.79 Å². The fraction of sp³-hybridized carbons (Fsp3) is 0.529. The molecule has 1 aliphatic rings. The molecule has 2 aromatic rings. The molecule has 3 heterocycles. The molecule has 3 rings (SSSR count). The third kappa shape index (κ3) is 4.99. The van der Waals surface area contributed by atoms with E-state index < -0.39 is 0 Å². The second-order valence-corrected chi connectivity index (χ2v) is 6.39. The summed E-state index contributed by atoms with van der Waals surface area (Å²) in [7, 11) is 0. The number of carbonyl (C=O) groups excluding carboxylic acids is 1. The van der Waals surface area contributed by atoms with Crippen molar-refractivity contribution in [1.29, 1.82) is 0 Å². The molecular formula is C17H24N6O2. The Balaban J connectivity index is 1.42. The first kappa shape index (κ1) is 17.3. The molecule has 8 heteroatoms. The Hall–Kier alpha value is -2.48. The molecule has 1 aliphatic heterocycles. The quantitative estimate of drug-likeness (QED) is 0.823. The number of piperidine rings is 1. The highest BCUT2D eigenvalue weighted by atomic mass is 16.5. The van der Waals surface area contributed by atoms with Crippen molar-refractivity contribution in [1.82, 2.24) is 20.7 Å². The Morgan fingerprint density at radius 3 is 2.96 bits per heavy atom. The van der Waals surface area contributed by atoms with Gasteiger partial charge in [0.15, 0.2) is 11.6 Å². The molecule has 0 aromatic carbocycles. The molecule has 0 bridgehead atoms. The van der Waals surface area contributed by atoms with E-state index in [1.54, 1.807) is 13.0 Å². The van der Waals surface area contributed by atoms with E-state index in [9.17, 15) is 4.79 Å². The second kappa shape index (κ2) is 8.06. The van der Waals surface area contributed by atoms with Crippen LogP contribution in [-0.4, -0.2) is 46.9 Å². The number of rotatable bonds is 6. The lowest BCUT2D eigenvalue weighted by Gasteiger charge is -2.33. The van der Waals surface area contributed by atoms with Crippen LogP contribution in [0.5, 0.6) is 0 Å². The summed E-state index contributed by atoms with van der Waals surface area (Å²) < 4.78 is 4.93. The first-order valence-corrected chi connectivity index (χ1v) is 8.62. The lowest BCUT2D eigenvalue weighted by molar-refractivity contribution is -0.116. The van der Waals surface area contributed by atoms with Crippen molar-refractivity contribution in [2.45, 2.75) is 39.2 Å². The van der Waals surface area contributed by atoms with Gasteiger partial charge in [-0.2, -0.15) is 5.10 Å². The molecule has 2 N–H and O–H groups in total. The minimum Gasteiger partial charge on any atom is -0.360 e. The van der Waals surface area contributed by atoms with Gasteiger partial charge in [0.25, 0.3) is 0 Å². The fourth-order valence-electron chi connectivity index (χ4n) is 2.93. The van der Waals surface area contributed by atoms with E-state index in [-0.39, 0.29) is 5.91 Å². The van der Waals surface area contributed by atoms with Crippen LogP contribution in [0.1, 0.15) is 30.7 Å². The molecule has 25 heavy (non-hydrogen) atoms. The smallest absolute Gasteiger partial charge is 0.226 e. The summed E-state index contributed by atoms with van der Waals surface area (Å²) in [6.07, 6.45) is 2.59. The van der Waals surface area contributed by atoms with Crippen molar-refractivity contribution in [3.8, 4) is 0 Å². The van der Waals surface area contributed by atoms with Crippen LogP contribution >= 0.6 is 0 Å². The van der Waals surface area contributed by atoms with Crippen LogP contribution in [0.25, 0.3) is 0 Å². The molecule has 2 aromatic heterocycles. The van der Waals surface area contributed by atoms with Gasteiger partial charge < -0.3 is 20.1 Å². The number of carbonyl (C=O) groups is 1. The summed E-state index contributed by atoms with van der Waals surface area (Å²) in [5.74, 6) is 1.98. The summed E-state index contributed by atoms with van der Waals surface area (Å²) in [6.45, 7) is 6.21. The number of anilines is 2. The molecular weight excluding hydrogens is 320 g/mol. The second-order valence-electron chi connectivity index (χ2n) is 6.39. The minimum atomic E-state index is -0.0714. The van der Waals surface area contributed by atoms with Crippen molar-refractivity contribution in [2.75, 3.05) is 29.9 Å². The van der Waals surface area contributed by atoms with Crippen LogP contribution in [0, 0.1) is 13.8 Å². The standard InChI is InChI=1S/C17H24N6O2/c1-12-5-6-16(21-20-12)23-9-3-4-14(11-23)18-8-7-17(24)19-15-10-13(2)25-22-15/h5-6,10,14,18H,3-4,7-9,11H2,1-2H3,(H,19,22,24)/t14-/m0/s1. The normalized spacial score (nSPS) is 17.5. The van der Waals surface area contributed by atoms with E-state index in [1.165, 1.54) is 0 Å². The molecule has 134 valence electrons. The molecule has 0 radical (unpaired) electrons. The predicted octanol–water partition coefficient (Wildman–Crippen LogP) is 1.67. The Morgan fingerprint density at radius 2 is 2.24 bits per heavy atom. The summed E-state index contributed by atoms with van der Waals surface area (Å²) in [5.41, 5.74) is 0.920. The Labute approximate surface area is 147 Å². The SMILES string of the molecule is Cc1ccc(N2CCC[C@H](NCCC(=O)Nc3cc(C)on3)C2)nn1. The van der Waals surface area contributed by atoms with Crippen LogP contribution in [0.3, 0.4) is 0 Å². The van der Waals surface area contributed by atoms with Crippen molar-refractivity contribution in [3.63, 3.8) is 0 Å². The first-order chi connectivity index (χ1) is 12.1. The number of aryl methyl sites for hydroxylation is 2. The van der Waals surface area contributed by atoms with E-state index in [2.05, 4.69) is 30.9 Å². The van der Waals surface area contributed by atoms with Crippen molar-refractivity contribution >= 4 is 17.5 Å². The van der Waals surface area contributed by atoms with Gasteiger partial charge in [0, 0.05) is 38.2 Å². The van der Waals surface area contributed by atoms with Gasteiger partial charge in [0.1, 0.15) is 5.76 Å². The van der Waals surface area contributed by atoms with Gasteiger partial charge in [-0.25, -0.2) is 0 Å². The minimum absolute atomic E-state index is 0.0714. The van der Waals surface area contributed by atoms with E-state index in [1.807, 2.05) is 19.1 Å². The highest BCUT2D eigenvalue weighted by molar-refractivity contribution is 5.89. The molecule has 8 nitrogen and oxygen atoms in total. The molecule has 1 amide bonds. The van der Waals surface area contributed by atoms with Crippen molar-refractivity contribution < 1.29 is 9.32 Å². The molecule has 0 aliphatic carbocycles. The number of hydrogen-bond donors (Lipinski definition) is 2. The number of hydrogen-bond acceptors (Lipinski definition) is 7.